The minimum absolute atomic E-state index is 0.109. The lowest BCUT2D eigenvalue weighted by atomic mass is 10.1. The second-order valence-electron chi connectivity index (χ2n) is 3.85. The number of aliphatic hydroxyl groups excluding tert-OH is 1. The molecule has 1 rings (SSSR count). The van der Waals surface area contributed by atoms with Crippen LogP contribution in [0.1, 0.15) is 25.0 Å². The van der Waals surface area contributed by atoms with Crippen molar-refractivity contribution in [3.8, 4) is 17.6 Å². The van der Waals surface area contributed by atoms with Crippen LogP contribution in [0.3, 0.4) is 0 Å². The molecule has 0 fully saturated rings. The fraction of sp³-hybridized carbons (Fsp3) is 0.429. The van der Waals surface area contributed by atoms with Crippen molar-refractivity contribution in [2.45, 2.75) is 24.9 Å². The van der Waals surface area contributed by atoms with Crippen LogP contribution >= 0.6 is 11.8 Å². The minimum Gasteiger partial charge on any atom is -0.496 e. The van der Waals surface area contributed by atoms with Gasteiger partial charge in [-0.05, 0) is 23.4 Å². The summed E-state index contributed by atoms with van der Waals surface area (Å²) in [6.45, 7) is 4.24. The summed E-state index contributed by atoms with van der Waals surface area (Å²) in [5, 5.41) is 9.26. The lowest BCUT2D eigenvalue weighted by Gasteiger charge is -2.10. The van der Waals surface area contributed by atoms with E-state index in [1.807, 2.05) is 30.0 Å². The molecular weight excluding hydrogens is 232 g/mol. The van der Waals surface area contributed by atoms with E-state index in [4.69, 9.17) is 9.84 Å². The second-order valence-corrected chi connectivity index (χ2v) is 5.41. The van der Waals surface area contributed by atoms with Crippen LogP contribution in [-0.2, 0) is 5.75 Å². The van der Waals surface area contributed by atoms with Crippen LogP contribution in [0.5, 0.6) is 5.75 Å². The molecule has 3 heteroatoms. The lowest BCUT2D eigenvalue weighted by Crippen LogP contribution is -1.94. The topological polar surface area (TPSA) is 29.5 Å². The van der Waals surface area contributed by atoms with Crippen LogP contribution in [-0.4, -0.2) is 24.1 Å². The van der Waals surface area contributed by atoms with E-state index in [-0.39, 0.29) is 6.61 Å². The van der Waals surface area contributed by atoms with Gasteiger partial charge >= 0.3 is 0 Å². The average molecular weight is 250 g/mol. The first-order valence-electron chi connectivity index (χ1n) is 5.55. The van der Waals surface area contributed by atoms with Gasteiger partial charge in [0.25, 0.3) is 0 Å². The molecule has 0 radical (unpaired) electrons. The van der Waals surface area contributed by atoms with Gasteiger partial charge in [0, 0.05) is 16.9 Å². The summed E-state index contributed by atoms with van der Waals surface area (Å²) >= 11 is 1.87. The number of thioether (sulfide) groups is 1. The van der Waals surface area contributed by atoms with E-state index in [9.17, 15) is 0 Å². The molecule has 0 bridgehead atoms. The maximum atomic E-state index is 8.67. The second kappa shape index (κ2) is 7.26. The van der Waals surface area contributed by atoms with Crippen molar-refractivity contribution in [1.29, 1.82) is 0 Å². The summed E-state index contributed by atoms with van der Waals surface area (Å²) in [7, 11) is 1.68. The Kier molecular flexibility index (Phi) is 5.96. The highest BCUT2D eigenvalue weighted by atomic mass is 32.2. The summed E-state index contributed by atoms with van der Waals surface area (Å²) in [5.74, 6) is 7.37. The third kappa shape index (κ3) is 4.72. The Balaban J connectivity index is 2.89. The predicted molar refractivity (Wildman–Crippen MR) is 73.4 cm³/mol. The number of ether oxygens (including phenoxy) is 1. The number of rotatable bonds is 4. The average Bonchev–Trinajstić information content (AvgIpc) is 2.33. The highest BCUT2D eigenvalue weighted by molar-refractivity contribution is 7.99. The van der Waals surface area contributed by atoms with Crippen molar-refractivity contribution in [2.75, 3.05) is 13.7 Å². The molecule has 0 aromatic heterocycles. The number of benzene rings is 1. The first-order valence-corrected chi connectivity index (χ1v) is 6.60. The van der Waals surface area contributed by atoms with Gasteiger partial charge in [-0.15, -0.1) is 0 Å². The highest BCUT2D eigenvalue weighted by Gasteiger charge is 2.05. The zero-order chi connectivity index (χ0) is 12.7. The first-order chi connectivity index (χ1) is 8.17. The fourth-order valence-corrected chi connectivity index (χ4v) is 2.11. The van der Waals surface area contributed by atoms with Crippen LogP contribution in [0.4, 0.5) is 0 Å². The number of methoxy groups -OCH3 is 1. The smallest absolute Gasteiger partial charge is 0.122 e. The third-order valence-corrected chi connectivity index (χ3v) is 3.31. The maximum absolute atomic E-state index is 8.67. The van der Waals surface area contributed by atoms with Crippen LogP contribution in [0.15, 0.2) is 18.2 Å². The molecule has 0 spiro atoms. The number of aliphatic hydroxyl groups is 1. The molecule has 0 amide bonds. The zero-order valence-corrected chi connectivity index (χ0v) is 11.3. The van der Waals surface area contributed by atoms with Gasteiger partial charge in [-0.25, -0.2) is 0 Å². The van der Waals surface area contributed by atoms with E-state index < -0.39 is 0 Å². The molecule has 0 saturated carbocycles. The largest absolute Gasteiger partial charge is 0.496 e. The summed E-state index contributed by atoms with van der Waals surface area (Å²) in [5.41, 5.74) is 2.06. The van der Waals surface area contributed by atoms with Crippen molar-refractivity contribution in [1.82, 2.24) is 0 Å². The Morgan fingerprint density at radius 2 is 2.18 bits per heavy atom. The Hall–Kier alpha value is -1.11. The normalized spacial score (nSPS) is 9.94. The molecule has 17 heavy (non-hydrogen) atoms. The van der Waals surface area contributed by atoms with Gasteiger partial charge in [0.1, 0.15) is 12.4 Å². The molecule has 0 heterocycles. The monoisotopic (exact) mass is 250 g/mol. The Morgan fingerprint density at radius 1 is 1.41 bits per heavy atom. The number of hydrogen-bond donors (Lipinski definition) is 1. The van der Waals surface area contributed by atoms with E-state index >= 15 is 0 Å². The van der Waals surface area contributed by atoms with Crippen molar-refractivity contribution in [3.63, 3.8) is 0 Å². The van der Waals surface area contributed by atoms with Gasteiger partial charge in [0.2, 0.25) is 0 Å². The van der Waals surface area contributed by atoms with Gasteiger partial charge in [-0.2, -0.15) is 11.8 Å². The van der Waals surface area contributed by atoms with Crippen molar-refractivity contribution < 1.29 is 9.84 Å². The molecule has 0 atom stereocenters. The molecule has 0 aliphatic rings. The van der Waals surface area contributed by atoms with Crippen LogP contribution < -0.4 is 4.74 Å². The summed E-state index contributed by atoms with van der Waals surface area (Å²) in [4.78, 5) is 0. The van der Waals surface area contributed by atoms with Crippen molar-refractivity contribution in [2.24, 2.45) is 0 Å². The Morgan fingerprint density at radius 3 is 2.76 bits per heavy atom. The van der Waals surface area contributed by atoms with E-state index in [1.165, 1.54) is 0 Å². The SMILES string of the molecule is COc1ccc(C#CCO)cc1CSC(C)C. The van der Waals surface area contributed by atoms with E-state index in [1.54, 1.807) is 7.11 Å². The number of hydrogen-bond acceptors (Lipinski definition) is 3. The molecule has 0 aliphatic carbocycles. The Labute approximate surface area is 107 Å². The highest BCUT2D eigenvalue weighted by Crippen LogP contribution is 2.26. The van der Waals surface area contributed by atoms with E-state index in [2.05, 4.69) is 25.7 Å². The minimum atomic E-state index is -0.109. The van der Waals surface area contributed by atoms with Crippen LogP contribution in [0.2, 0.25) is 0 Å². The van der Waals surface area contributed by atoms with Crippen LogP contribution in [0, 0.1) is 11.8 Å². The molecule has 0 aliphatic heterocycles. The maximum Gasteiger partial charge on any atom is 0.122 e. The summed E-state index contributed by atoms with van der Waals surface area (Å²) < 4.78 is 5.33. The quantitative estimate of drug-likeness (QED) is 0.833. The molecular formula is C14H18O2S. The Bertz CT molecular complexity index is 416. The van der Waals surface area contributed by atoms with Gasteiger partial charge in [0.05, 0.1) is 7.11 Å². The van der Waals surface area contributed by atoms with Gasteiger partial charge in [-0.3, -0.25) is 0 Å². The zero-order valence-electron chi connectivity index (χ0n) is 10.5. The molecule has 1 aromatic carbocycles. The van der Waals surface area contributed by atoms with Crippen molar-refractivity contribution in [3.05, 3.63) is 29.3 Å². The summed E-state index contributed by atoms with van der Waals surface area (Å²) in [6.07, 6.45) is 0. The molecule has 92 valence electrons. The van der Waals surface area contributed by atoms with E-state index in [0.717, 1.165) is 22.6 Å². The fourth-order valence-electron chi connectivity index (χ4n) is 1.37. The van der Waals surface area contributed by atoms with Gasteiger partial charge in [-0.1, -0.05) is 25.7 Å². The standard InChI is InChI=1S/C14H18O2S/c1-11(2)17-10-13-9-12(5-4-8-15)6-7-14(13)16-3/h6-7,9,11,15H,8,10H2,1-3H3. The van der Waals surface area contributed by atoms with Crippen LogP contribution in [0.25, 0.3) is 0 Å². The summed E-state index contributed by atoms with van der Waals surface area (Å²) in [6, 6.07) is 5.86. The molecule has 1 N–H and O–H groups in total. The first kappa shape index (κ1) is 14.0. The molecule has 1 aromatic rings. The van der Waals surface area contributed by atoms with Gasteiger partial charge < -0.3 is 9.84 Å². The molecule has 0 unspecified atom stereocenters. The molecule has 2 nitrogen and oxygen atoms in total. The van der Waals surface area contributed by atoms with Crippen molar-refractivity contribution >= 4 is 11.8 Å². The van der Waals surface area contributed by atoms with Gasteiger partial charge in [0.15, 0.2) is 0 Å². The predicted octanol–water partition coefficient (Wildman–Crippen LogP) is 2.68. The third-order valence-electron chi connectivity index (χ3n) is 2.16. The van der Waals surface area contributed by atoms with E-state index in [0.29, 0.717) is 5.25 Å². The lowest BCUT2D eigenvalue weighted by molar-refractivity contribution is 0.350. The molecule has 0 saturated heterocycles.